The van der Waals surface area contributed by atoms with Crippen LogP contribution in [0.3, 0.4) is 0 Å². The normalized spacial score (nSPS) is 10.4. The highest BCUT2D eigenvalue weighted by Gasteiger charge is 2.12. The molecule has 1 aromatic heterocycles. The van der Waals surface area contributed by atoms with Gasteiger partial charge >= 0.3 is 0 Å². The minimum atomic E-state index is -0.0680. The number of para-hydroxylation sites is 1. The van der Waals surface area contributed by atoms with Crippen LogP contribution in [0.25, 0.3) is 10.6 Å². The lowest BCUT2D eigenvalue weighted by atomic mass is 10.1. The Labute approximate surface area is 144 Å². The van der Waals surface area contributed by atoms with Crippen molar-refractivity contribution < 1.29 is 9.53 Å². The third kappa shape index (κ3) is 3.97. The molecule has 0 saturated carbocycles. The maximum absolute atomic E-state index is 12.1. The summed E-state index contributed by atoms with van der Waals surface area (Å²) in [5, 5.41) is 12.2. The largest absolute Gasteiger partial charge is 0.496 e. The van der Waals surface area contributed by atoms with Crippen LogP contribution in [0.2, 0.25) is 0 Å². The van der Waals surface area contributed by atoms with E-state index in [-0.39, 0.29) is 5.91 Å². The third-order valence-electron chi connectivity index (χ3n) is 3.49. The molecule has 122 valence electrons. The van der Waals surface area contributed by atoms with Gasteiger partial charge in [0.1, 0.15) is 5.75 Å². The second-order valence-corrected chi connectivity index (χ2v) is 6.12. The van der Waals surface area contributed by atoms with Crippen LogP contribution in [0.4, 0.5) is 5.13 Å². The van der Waals surface area contributed by atoms with Crippen LogP contribution in [0.15, 0.2) is 54.6 Å². The highest BCUT2D eigenvalue weighted by atomic mass is 32.1. The Bertz CT molecular complexity index is 818. The Morgan fingerprint density at radius 3 is 2.62 bits per heavy atom. The highest BCUT2D eigenvalue weighted by Crippen LogP contribution is 2.33. The molecule has 6 heteroatoms. The second-order valence-electron chi connectivity index (χ2n) is 5.15. The Balaban J connectivity index is 1.62. The fourth-order valence-electron chi connectivity index (χ4n) is 2.29. The number of aromatic nitrogens is 2. The number of amides is 1. The summed E-state index contributed by atoms with van der Waals surface area (Å²) >= 11 is 1.33. The van der Waals surface area contributed by atoms with Gasteiger partial charge in [0.2, 0.25) is 11.0 Å². The molecule has 0 aliphatic rings. The molecule has 24 heavy (non-hydrogen) atoms. The van der Waals surface area contributed by atoms with Crippen molar-refractivity contribution >= 4 is 22.4 Å². The molecule has 1 N–H and O–H groups in total. The maximum atomic E-state index is 12.1. The molecule has 0 atom stereocenters. The third-order valence-corrected chi connectivity index (χ3v) is 4.36. The maximum Gasteiger partial charge on any atom is 0.226 e. The molecule has 0 radical (unpaired) electrons. The first kappa shape index (κ1) is 16.1. The van der Waals surface area contributed by atoms with Crippen molar-refractivity contribution in [2.45, 2.75) is 12.8 Å². The molecular weight excluding hydrogens is 322 g/mol. The molecule has 5 nitrogen and oxygen atoms in total. The Hall–Kier alpha value is -2.73. The molecule has 0 unspecified atom stereocenters. The molecule has 1 amide bonds. The minimum absolute atomic E-state index is 0.0680. The van der Waals surface area contributed by atoms with E-state index < -0.39 is 0 Å². The quantitative estimate of drug-likeness (QED) is 0.742. The SMILES string of the molecule is COc1ccccc1-c1nnc(NC(=O)CCc2ccccc2)s1. The predicted octanol–water partition coefficient (Wildman–Crippen LogP) is 3.79. The van der Waals surface area contributed by atoms with E-state index in [1.807, 2.05) is 54.6 Å². The molecular formula is C18H17N3O2S. The van der Waals surface area contributed by atoms with Crippen molar-refractivity contribution in [3.63, 3.8) is 0 Å². The molecule has 1 heterocycles. The lowest BCUT2D eigenvalue weighted by molar-refractivity contribution is -0.116. The summed E-state index contributed by atoms with van der Waals surface area (Å²) in [5.41, 5.74) is 2.00. The molecule has 3 aromatic rings. The standard InChI is InChI=1S/C18H17N3O2S/c1-23-15-10-6-5-9-14(15)17-20-21-18(24-17)19-16(22)12-11-13-7-3-2-4-8-13/h2-10H,11-12H2,1H3,(H,19,21,22). The number of rotatable bonds is 6. The van der Waals surface area contributed by atoms with Gasteiger partial charge in [-0.05, 0) is 24.1 Å². The van der Waals surface area contributed by atoms with E-state index in [2.05, 4.69) is 15.5 Å². The van der Waals surface area contributed by atoms with Crippen LogP contribution in [0.5, 0.6) is 5.75 Å². The molecule has 2 aromatic carbocycles. The molecule has 0 aliphatic heterocycles. The highest BCUT2D eigenvalue weighted by molar-refractivity contribution is 7.18. The summed E-state index contributed by atoms with van der Waals surface area (Å²) < 4.78 is 5.33. The number of benzene rings is 2. The zero-order valence-electron chi connectivity index (χ0n) is 13.2. The number of nitrogens with zero attached hydrogens (tertiary/aromatic N) is 2. The molecule has 0 fully saturated rings. The van der Waals surface area contributed by atoms with E-state index in [4.69, 9.17) is 4.74 Å². The van der Waals surface area contributed by atoms with Crippen LogP contribution in [-0.2, 0) is 11.2 Å². The summed E-state index contributed by atoms with van der Waals surface area (Å²) in [4.78, 5) is 12.1. The summed E-state index contributed by atoms with van der Waals surface area (Å²) in [6, 6.07) is 17.5. The molecule has 0 aliphatic carbocycles. The van der Waals surface area contributed by atoms with Gasteiger partial charge in [0.15, 0.2) is 5.01 Å². The first-order valence-electron chi connectivity index (χ1n) is 7.57. The van der Waals surface area contributed by atoms with E-state index in [0.29, 0.717) is 23.0 Å². The predicted molar refractivity (Wildman–Crippen MR) is 95.3 cm³/mol. The average Bonchev–Trinajstić information content (AvgIpc) is 3.09. The van der Waals surface area contributed by atoms with E-state index in [1.54, 1.807) is 7.11 Å². The van der Waals surface area contributed by atoms with Gasteiger partial charge in [-0.2, -0.15) is 0 Å². The first-order valence-corrected chi connectivity index (χ1v) is 8.38. The molecule has 3 rings (SSSR count). The number of carbonyl (C=O) groups is 1. The van der Waals surface area contributed by atoms with Gasteiger partial charge in [0, 0.05) is 6.42 Å². The minimum Gasteiger partial charge on any atom is -0.496 e. The Morgan fingerprint density at radius 2 is 1.83 bits per heavy atom. The summed E-state index contributed by atoms with van der Waals surface area (Å²) in [6.45, 7) is 0. The van der Waals surface area contributed by atoms with Crippen molar-refractivity contribution in [1.82, 2.24) is 10.2 Å². The van der Waals surface area contributed by atoms with E-state index in [0.717, 1.165) is 16.9 Å². The fraction of sp³-hybridized carbons (Fsp3) is 0.167. The van der Waals surface area contributed by atoms with Crippen molar-refractivity contribution in [1.29, 1.82) is 0 Å². The van der Waals surface area contributed by atoms with Crippen LogP contribution in [0, 0.1) is 0 Å². The number of aryl methyl sites for hydroxylation is 1. The van der Waals surface area contributed by atoms with Crippen LogP contribution in [-0.4, -0.2) is 23.2 Å². The number of carbonyl (C=O) groups excluding carboxylic acids is 1. The van der Waals surface area contributed by atoms with Crippen molar-refractivity contribution in [3.05, 3.63) is 60.2 Å². The van der Waals surface area contributed by atoms with Gasteiger partial charge < -0.3 is 10.1 Å². The zero-order valence-corrected chi connectivity index (χ0v) is 14.0. The van der Waals surface area contributed by atoms with Gasteiger partial charge in [-0.3, -0.25) is 4.79 Å². The van der Waals surface area contributed by atoms with Crippen molar-refractivity contribution in [2.75, 3.05) is 12.4 Å². The summed E-state index contributed by atoms with van der Waals surface area (Å²) in [6.07, 6.45) is 1.11. The number of nitrogens with one attached hydrogen (secondary N) is 1. The van der Waals surface area contributed by atoms with Crippen LogP contribution < -0.4 is 10.1 Å². The van der Waals surface area contributed by atoms with Gasteiger partial charge in [-0.1, -0.05) is 53.8 Å². The fourth-order valence-corrected chi connectivity index (χ4v) is 3.08. The number of hydrogen-bond acceptors (Lipinski definition) is 5. The molecule has 0 spiro atoms. The van der Waals surface area contributed by atoms with E-state index in [1.165, 1.54) is 11.3 Å². The zero-order chi connectivity index (χ0) is 16.8. The summed E-state index contributed by atoms with van der Waals surface area (Å²) in [7, 11) is 1.62. The van der Waals surface area contributed by atoms with Crippen molar-refractivity contribution in [2.24, 2.45) is 0 Å². The average molecular weight is 339 g/mol. The number of hydrogen-bond donors (Lipinski definition) is 1. The summed E-state index contributed by atoms with van der Waals surface area (Å²) in [5.74, 6) is 0.664. The Kier molecular flexibility index (Phi) is 5.18. The monoisotopic (exact) mass is 339 g/mol. The van der Waals surface area contributed by atoms with Gasteiger partial charge in [-0.15, -0.1) is 10.2 Å². The van der Waals surface area contributed by atoms with Gasteiger partial charge in [0.25, 0.3) is 0 Å². The Morgan fingerprint density at radius 1 is 1.08 bits per heavy atom. The lowest BCUT2D eigenvalue weighted by Crippen LogP contribution is -2.12. The number of anilines is 1. The van der Waals surface area contributed by atoms with Gasteiger partial charge in [0.05, 0.1) is 12.7 Å². The van der Waals surface area contributed by atoms with Crippen LogP contribution in [0.1, 0.15) is 12.0 Å². The lowest BCUT2D eigenvalue weighted by Gasteiger charge is -2.04. The number of methoxy groups -OCH3 is 1. The molecule has 0 bridgehead atoms. The smallest absolute Gasteiger partial charge is 0.226 e. The van der Waals surface area contributed by atoms with Gasteiger partial charge in [-0.25, -0.2) is 0 Å². The second kappa shape index (κ2) is 7.70. The number of ether oxygens (including phenoxy) is 1. The van der Waals surface area contributed by atoms with Crippen molar-refractivity contribution in [3.8, 4) is 16.3 Å². The van der Waals surface area contributed by atoms with Crippen LogP contribution >= 0.6 is 11.3 Å². The first-order chi connectivity index (χ1) is 11.8. The molecule has 0 saturated heterocycles. The van der Waals surface area contributed by atoms with E-state index >= 15 is 0 Å². The topological polar surface area (TPSA) is 64.1 Å². The van der Waals surface area contributed by atoms with E-state index in [9.17, 15) is 4.79 Å².